The van der Waals surface area contributed by atoms with Crippen molar-refractivity contribution in [3.8, 4) is 0 Å². The van der Waals surface area contributed by atoms with Crippen molar-refractivity contribution in [2.75, 3.05) is 12.4 Å². The summed E-state index contributed by atoms with van der Waals surface area (Å²) in [5.74, 6) is 0.0332. The van der Waals surface area contributed by atoms with Crippen LogP contribution >= 0.6 is 11.8 Å². The smallest absolute Gasteiger partial charge is 0.273 e. The molecule has 0 fully saturated rings. The van der Waals surface area contributed by atoms with Gasteiger partial charge in [-0.25, -0.2) is 5.48 Å². The Labute approximate surface area is 129 Å². The Morgan fingerprint density at radius 3 is 2.52 bits per heavy atom. The summed E-state index contributed by atoms with van der Waals surface area (Å²) in [7, 11) is 0. The van der Waals surface area contributed by atoms with Crippen LogP contribution in [0.15, 0.2) is 35.2 Å². The molecule has 0 saturated heterocycles. The van der Waals surface area contributed by atoms with Gasteiger partial charge in [0.2, 0.25) is 0 Å². The molecule has 6 heteroatoms. The SMILES string of the molecule is CC(O)C(C)(C)C(O)C(=O)NOCCSc1ccccc1. The van der Waals surface area contributed by atoms with E-state index in [-0.39, 0.29) is 0 Å². The number of amides is 1. The molecule has 2 atom stereocenters. The van der Waals surface area contributed by atoms with Crippen LogP contribution in [-0.2, 0) is 9.63 Å². The van der Waals surface area contributed by atoms with E-state index in [4.69, 9.17) is 4.84 Å². The van der Waals surface area contributed by atoms with E-state index in [0.717, 1.165) is 4.90 Å². The quantitative estimate of drug-likeness (QED) is 0.386. The normalized spacial score (nSPS) is 14.5. The Bertz CT molecular complexity index is 437. The van der Waals surface area contributed by atoms with E-state index in [2.05, 4.69) is 5.48 Å². The van der Waals surface area contributed by atoms with Crippen molar-refractivity contribution >= 4 is 17.7 Å². The molecule has 0 aliphatic heterocycles. The van der Waals surface area contributed by atoms with Gasteiger partial charge in [-0.2, -0.15) is 0 Å². The molecule has 5 nitrogen and oxygen atoms in total. The molecular weight excluding hydrogens is 290 g/mol. The van der Waals surface area contributed by atoms with Gasteiger partial charge >= 0.3 is 0 Å². The number of hydrogen-bond donors (Lipinski definition) is 3. The molecule has 0 saturated carbocycles. The number of carbonyl (C=O) groups excluding carboxylic acids is 1. The Hall–Kier alpha value is -1.08. The van der Waals surface area contributed by atoms with Gasteiger partial charge in [0.25, 0.3) is 5.91 Å². The summed E-state index contributed by atoms with van der Waals surface area (Å²) in [6.45, 7) is 5.10. The average molecular weight is 313 g/mol. The molecule has 1 amide bonds. The van der Waals surface area contributed by atoms with Crippen molar-refractivity contribution in [2.24, 2.45) is 5.41 Å². The van der Waals surface area contributed by atoms with Crippen LogP contribution < -0.4 is 5.48 Å². The summed E-state index contributed by atoms with van der Waals surface area (Å²) in [6, 6.07) is 9.86. The second kappa shape index (κ2) is 8.38. The number of hydroxylamine groups is 1. The second-order valence-corrected chi connectivity index (χ2v) is 6.54. The highest BCUT2D eigenvalue weighted by Gasteiger charge is 2.37. The summed E-state index contributed by atoms with van der Waals surface area (Å²) in [4.78, 5) is 17.9. The van der Waals surface area contributed by atoms with Crippen molar-refractivity contribution in [1.29, 1.82) is 0 Å². The molecule has 1 aromatic rings. The number of rotatable bonds is 8. The summed E-state index contributed by atoms with van der Waals surface area (Å²) >= 11 is 1.61. The van der Waals surface area contributed by atoms with Gasteiger partial charge in [0.15, 0.2) is 0 Å². The van der Waals surface area contributed by atoms with Crippen molar-refractivity contribution < 1.29 is 19.8 Å². The number of nitrogens with one attached hydrogen (secondary N) is 1. The van der Waals surface area contributed by atoms with E-state index >= 15 is 0 Å². The summed E-state index contributed by atoms with van der Waals surface area (Å²) in [6.07, 6.45) is -2.15. The van der Waals surface area contributed by atoms with E-state index in [9.17, 15) is 15.0 Å². The maximum atomic E-state index is 11.7. The zero-order chi connectivity index (χ0) is 15.9. The molecule has 118 valence electrons. The van der Waals surface area contributed by atoms with E-state index in [1.807, 2.05) is 30.3 Å². The van der Waals surface area contributed by atoms with E-state index in [0.29, 0.717) is 12.4 Å². The van der Waals surface area contributed by atoms with Crippen LogP contribution in [0, 0.1) is 5.41 Å². The maximum Gasteiger partial charge on any atom is 0.273 e. The van der Waals surface area contributed by atoms with Gasteiger partial charge in [0.05, 0.1) is 12.7 Å². The number of hydrogen-bond acceptors (Lipinski definition) is 5. The minimum atomic E-state index is -1.33. The summed E-state index contributed by atoms with van der Waals surface area (Å²) in [5, 5.41) is 19.4. The Morgan fingerprint density at radius 2 is 1.95 bits per heavy atom. The predicted octanol–water partition coefficient (Wildman–Crippen LogP) is 1.59. The molecule has 2 unspecified atom stereocenters. The first-order valence-corrected chi connectivity index (χ1v) is 7.80. The highest BCUT2D eigenvalue weighted by molar-refractivity contribution is 7.99. The molecule has 0 radical (unpaired) electrons. The van der Waals surface area contributed by atoms with Gasteiger partial charge in [-0.15, -0.1) is 11.8 Å². The standard InChI is InChI=1S/C15H23NO4S/c1-11(17)15(2,3)13(18)14(19)16-20-9-10-21-12-7-5-4-6-8-12/h4-8,11,13,17-18H,9-10H2,1-3H3,(H,16,19). The molecule has 0 spiro atoms. The largest absolute Gasteiger partial charge is 0.393 e. The lowest BCUT2D eigenvalue weighted by atomic mass is 9.81. The predicted molar refractivity (Wildman–Crippen MR) is 82.7 cm³/mol. The van der Waals surface area contributed by atoms with Crippen LogP contribution in [0.25, 0.3) is 0 Å². The Morgan fingerprint density at radius 1 is 1.33 bits per heavy atom. The number of benzene rings is 1. The van der Waals surface area contributed by atoms with Crippen molar-refractivity contribution in [3.63, 3.8) is 0 Å². The minimum Gasteiger partial charge on any atom is -0.393 e. The van der Waals surface area contributed by atoms with Crippen LogP contribution in [0.2, 0.25) is 0 Å². The van der Waals surface area contributed by atoms with E-state index in [1.165, 1.54) is 6.92 Å². The zero-order valence-corrected chi connectivity index (χ0v) is 13.4. The van der Waals surface area contributed by atoms with Gasteiger partial charge in [-0.05, 0) is 19.1 Å². The van der Waals surface area contributed by atoms with Gasteiger partial charge in [-0.3, -0.25) is 9.63 Å². The maximum absolute atomic E-state index is 11.7. The first-order chi connectivity index (χ1) is 9.85. The van der Waals surface area contributed by atoms with Gasteiger partial charge in [0.1, 0.15) is 6.10 Å². The Balaban J connectivity index is 2.25. The fourth-order valence-corrected chi connectivity index (χ4v) is 2.21. The molecule has 0 heterocycles. The Kier molecular flexibility index (Phi) is 7.17. The third-order valence-corrected chi connectivity index (χ3v) is 4.38. The third-order valence-electron chi connectivity index (χ3n) is 3.40. The van der Waals surface area contributed by atoms with Crippen molar-refractivity contribution in [1.82, 2.24) is 5.48 Å². The minimum absolute atomic E-state index is 0.327. The van der Waals surface area contributed by atoms with Gasteiger partial charge in [-0.1, -0.05) is 32.0 Å². The fourth-order valence-electron chi connectivity index (χ4n) is 1.46. The lowest BCUT2D eigenvalue weighted by Gasteiger charge is -2.31. The highest BCUT2D eigenvalue weighted by Crippen LogP contribution is 2.25. The molecule has 1 rings (SSSR count). The van der Waals surface area contributed by atoms with E-state index < -0.39 is 23.5 Å². The van der Waals surface area contributed by atoms with Crippen LogP contribution in [-0.4, -0.2) is 40.7 Å². The molecule has 0 aliphatic carbocycles. The summed E-state index contributed by atoms with van der Waals surface area (Å²) < 4.78 is 0. The fraction of sp³-hybridized carbons (Fsp3) is 0.533. The van der Waals surface area contributed by atoms with Crippen molar-refractivity contribution in [3.05, 3.63) is 30.3 Å². The summed E-state index contributed by atoms with van der Waals surface area (Å²) in [5.41, 5.74) is 1.28. The topological polar surface area (TPSA) is 78.8 Å². The first-order valence-electron chi connectivity index (χ1n) is 6.81. The lowest BCUT2D eigenvalue weighted by Crippen LogP contribution is -2.48. The zero-order valence-electron chi connectivity index (χ0n) is 12.6. The third kappa shape index (κ3) is 5.67. The van der Waals surface area contributed by atoms with Crippen molar-refractivity contribution in [2.45, 2.75) is 37.9 Å². The van der Waals surface area contributed by atoms with Crippen LogP contribution in [0.5, 0.6) is 0 Å². The van der Waals surface area contributed by atoms with Crippen LogP contribution in [0.3, 0.4) is 0 Å². The van der Waals surface area contributed by atoms with Gasteiger partial charge < -0.3 is 10.2 Å². The molecule has 0 aliphatic rings. The van der Waals surface area contributed by atoms with E-state index in [1.54, 1.807) is 25.6 Å². The van der Waals surface area contributed by atoms with Crippen LogP contribution in [0.1, 0.15) is 20.8 Å². The average Bonchev–Trinajstić information content (AvgIpc) is 2.46. The van der Waals surface area contributed by atoms with Gasteiger partial charge in [0, 0.05) is 16.1 Å². The number of aliphatic hydroxyl groups excluding tert-OH is 2. The molecule has 1 aromatic carbocycles. The molecule has 3 N–H and O–H groups in total. The monoisotopic (exact) mass is 313 g/mol. The molecular formula is C15H23NO4S. The number of aliphatic hydroxyl groups is 2. The second-order valence-electron chi connectivity index (χ2n) is 5.38. The molecule has 0 aromatic heterocycles. The molecule has 21 heavy (non-hydrogen) atoms. The number of carbonyl (C=O) groups is 1. The van der Waals surface area contributed by atoms with Crippen LogP contribution in [0.4, 0.5) is 0 Å². The molecule has 0 bridgehead atoms. The highest BCUT2D eigenvalue weighted by atomic mass is 32.2. The first kappa shape index (κ1) is 18.0. The lowest BCUT2D eigenvalue weighted by molar-refractivity contribution is -0.152. The number of thioether (sulfide) groups is 1.